The third-order valence-electron chi connectivity index (χ3n) is 4.90. The highest BCUT2D eigenvalue weighted by Gasteiger charge is 2.17. The molecule has 0 bridgehead atoms. The molecule has 148 valence electrons. The van der Waals surface area contributed by atoms with Crippen LogP contribution >= 0.6 is 0 Å². The first-order chi connectivity index (χ1) is 13.7. The van der Waals surface area contributed by atoms with E-state index in [-0.39, 0.29) is 11.9 Å². The summed E-state index contributed by atoms with van der Waals surface area (Å²) in [4.78, 5) is 29.1. The van der Waals surface area contributed by atoms with E-state index in [1.165, 1.54) is 25.7 Å². The molecule has 0 aliphatic heterocycles. The average molecular weight is 381 g/mol. The number of nitrogens with one attached hydrogen (secondary N) is 2. The van der Waals surface area contributed by atoms with Crippen LogP contribution in [0.2, 0.25) is 0 Å². The highest BCUT2D eigenvalue weighted by atomic mass is 16.5. The predicted octanol–water partition coefficient (Wildman–Crippen LogP) is 4.45. The first-order valence-electron chi connectivity index (χ1n) is 9.97. The third kappa shape index (κ3) is 5.31. The second-order valence-electron chi connectivity index (χ2n) is 6.98. The number of aromatic nitrogens is 1. The number of hydrogen-bond acceptors (Lipinski definition) is 5. The standard InChI is InChI=1S/C22H27N3O3/c1-2-28-22(27)18-11-7-8-12-19(18)25-20-15-16(13-14-23-20)21(26)24-17-9-5-3-4-6-10-17/h7-8,11-15,17H,2-6,9-10H2,1H3,(H,23,25)(H,24,26). The van der Waals surface area contributed by atoms with Gasteiger partial charge in [0.25, 0.3) is 5.91 Å². The van der Waals surface area contributed by atoms with Gasteiger partial charge in [-0.25, -0.2) is 9.78 Å². The van der Waals surface area contributed by atoms with Crippen LogP contribution in [-0.4, -0.2) is 29.5 Å². The molecule has 1 aromatic heterocycles. The summed E-state index contributed by atoms with van der Waals surface area (Å²) in [6.45, 7) is 2.08. The number of para-hydroxylation sites is 1. The highest BCUT2D eigenvalue weighted by Crippen LogP contribution is 2.22. The fourth-order valence-electron chi connectivity index (χ4n) is 3.45. The lowest BCUT2D eigenvalue weighted by Crippen LogP contribution is -2.34. The molecule has 1 aliphatic carbocycles. The van der Waals surface area contributed by atoms with E-state index in [0.29, 0.717) is 29.2 Å². The van der Waals surface area contributed by atoms with Crippen LogP contribution in [0.1, 0.15) is 66.2 Å². The SMILES string of the molecule is CCOC(=O)c1ccccc1Nc1cc(C(=O)NC2CCCCCC2)ccn1. The number of amides is 1. The smallest absolute Gasteiger partial charge is 0.340 e. The summed E-state index contributed by atoms with van der Waals surface area (Å²) in [5.41, 5.74) is 1.57. The van der Waals surface area contributed by atoms with Gasteiger partial charge in [-0.15, -0.1) is 0 Å². The van der Waals surface area contributed by atoms with Crippen molar-refractivity contribution in [1.29, 1.82) is 0 Å². The summed E-state index contributed by atoms with van der Waals surface area (Å²) in [5, 5.41) is 6.27. The zero-order chi connectivity index (χ0) is 19.8. The van der Waals surface area contributed by atoms with Crippen molar-refractivity contribution in [3.05, 3.63) is 53.7 Å². The van der Waals surface area contributed by atoms with E-state index in [1.54, 1.807) is 43.5 Å². The van der Waals surface area contributed by atoms with Crippen LogP contribution in [0.25, 0.3) is 0 Å². The van der Waals surface area contributed by atoms with Crippen LogP contribution in [0, 0.1) is 0 Å². The Hall–Kier alpha value is -2.89. The molecule has 1 aromatic carbocycles. The number of nitrogens with zero attached hydrogens (tertiary/aromatic N) is 1. The zero-order valence-electron chi connectivity index (χ0n) is 16.2. The van der Waals surface area contributed by atoms with E-state index in [2.05, 4.69) is 15.6 Å². The molecule has 2 aromatic rings. The van der Waals surface area contributed by atoms with Gasteiger partial charge in [-0.1, -0.05) is 37.8 Å². The van der Waals surface area contributed by atoms with Crippen LogP contribution in [-0.2, 0) is 4.74 Å². The molecule has 1 amide bonds. The average Bonchev–Trinajstić information content (AvgIpc) is 2.97. The Morgan fingerprint density at radius 2 is 1.86 bits per heavy atom. The molecule has 2 N–H and O–H groups in total. The molecule has 1 saturated carbocycles. The Bertz CT molecular complexity index is 814. The minimum atomic E-state index is -0.395. The van der Waals surface area contributed by atoms with Crippen molar-refractivity contribution >= 4 is 23.4 Å². The predicted molar refractivity (Wildman–Crippen MR) is 109 cm³/mol. The van der Waals surface area contributed by atoms with Gasteiger partial charge in [0.2, 0.25) is 0 Å². The molecule has 3 rings (SSSR count). The van der Waals surface area contributed by atoms with Crippen LogP contribution < -0.4 is 10.6 Å². The fourth-order valence-corrected chi connectivity index (χ4v) is 3.45. The van der Waals surface area contributed by atoms with Gasteiger partial charge in [-0.2, -0.15) is 0 Å². The number of anilines is 2. The number of carbonyl (C=O) groups is 2. The Balaban J connectivity index is 1.71. The van der Waals surface area contributed by atoms with E-state index in [9.17, 15) is 9.59 Å². The normalized spacial score (nSPS) is 14.8. The largest absolute Gasteiger partial charge is 0.462 e. The fraction of sp³-hybridized carbons (Fsp3) is 0.409. The number of rotatable bonds is 6. The number of esters is 1. The summed E-state index contributed by atoms with van der Waals surface area (Å²) in [7, 11) is 0. The number of carbonyl (C=O) groups excluding carboxylic acids is 2. The molecule has 0 radical (unpaired) electrons. The van der Waals surface area contributed by atoms with Gasteiger partial charge in [0, 0.05) is 17.8 Å². The second kappa shape index (κ2) is 9.88. The van der Waals surface area contributed by atoms with Crippen molar-refractivity contribution < 1.29 is 14.3 Å². The topological polar surface area (TPSA) is 80.3 Å². The first kappa shape index (κ1) is 19.9. The maximum Gasteiger partial charge on any atom is 0.340 e. The van der Waals surface area contributed by atoms with Crippen molar-refractivity contribution in [1.82, 2.24) is 10.3 Å². The van der Waals surface area contributed by atoms with Crippen LogP contribution in [0.15, 0.2) is 42.6 Å². The summed E-state index contributed by atoms with van der Waals surface area (Å²) >= 11 is 0. The lowest BCUT2D eigenvalue weighted by molar-refractivity contribution is 0.0527. The maximum atomic E-state index is 12.6. The Labute approximate surface area is 165 Å². The van der Waals surface area contributed by atoms with Gasteiger partial charge in [0.1, 0.15) is 5.82 Å². The number of ether oxygens (including phenoxy) is 1. The minimum absolute atomic E-state index is 0.0870. The molecule has 28 heavy (non-hydrogen) atoms. The van der Waals surface area contributed by atoms with Gasteiger partial charge in [0.15, 0.2) is 0 Å². The first-order valence-corrected chi connectivity index (χ1v) is 9.97. The molecule has 1 heterocycles. The number of hydrogen-bond donors (Lipinski definition) is 2. The lowest BCUT2D eigenvalue weighted by atomic mass is 10.1. The highest BCUT2D eigenvalue weighted by molar-refractivity contribution is 5.97. The minimum Gasteiger partial charge on any atom is -0.462 e. The van der Waals surface area contributed by atoms with Gasteiger partial charge < -0.3 is 15.4 Å². The zero-order valence-corrected chi connectivity index (χ0v) is 16.2. The molecule has 0 unspecified atom stereocenters. The van der Waals surface area contributed by atoms with E-state index in [4.69, 9.17) is 4.74 Å². The monoisotopic (exact) mass is 381 g/mol. The molecule has 6 nitrogen and oxygen atoms in total. The number of pyridine rings is 1. The van der Waals surface area contributed by atoms with E-state index in [1.807, 2.05) is 6.07 Å². The quantitative estimate of drug-likeness (QED) is 0.571. The van der Waals surface area contributed by atoms with Gasteiger partial charge in [-0.3, -0.25) is 4.79 Å². The Morgan fingerprint density at radius 3 is 2.61 bits per heavy atom. The van der Waals surface area contributed by atoms with E-state index < -0.39 is 5.97 Å². The molecule has 0 saturated heterocycles. The number of benzene rings is 1. The molecule has 0 spiro atoms. The molecular formula is C22H27N3O3. The molecule has 6 heteroatoms. The van der Waals surface area contributed by atoms with E-state index in [0.717, 1.165) is 12.8 Å². The van der Waals surface area contributed by atoms with Gasteiger partial charge in [-0.05, 0) is 44.0 Å². The van der Waals surface area contributed by atoms with Crippen molar-refractivity contribution in [3.8, 4) is 0 Å². The summed E-state index contributed by atoms with van der Waals surface area (Å²) in [6.07, 6.45) is 8.49. The molecular weight excluding hydrogens is 354 g/mol. The van der Waals surface area contributed by atoms with Crippen molar-refractivity contribution in [2.24, 2.45) is 0 Å². The van der Waals surface area contributed by atoms with Crippen molar-refractivity contribution in [2.45, 2.75) is 51.5 Å². The van der Waals surface area contributed by atoms with Crippen molar-refractivity contribution in [3.63, 3.8) is 0 Å². The van der Waals surface area contributed by atoms with E-state index >= 15 is 0 Å². The summed E-state index contributed by atoms with van der Waals surface area (Å²) in [6, 6.07) is 10.7. The maximum absolute atomic E-state index is 12.6. The Morgan fingerprint density at radius 1 is 1.11 bits per heavy atom. The Kier molecular flexibility index (Phi) is 7.00. The molecule has 1 aliphatic rings. The lowest BCUT2D eigenvalue weighted by Gasteiger charge is -2.16. The third-order valence-corrected chi connectivity index (χ3v) is 4.90. The van der Waals surface area contributed by atoms with Crippen LogP contribution in [0.4, 0.5) is 11.5 Å². The summed E-state index contributed by atoms with van der Waals surface area (Å²) < 4.78 is 5.10. The van der Waals surface area contributed by atoms with Crippen molar-refractivity contribution in [2.75, 3.05) is 11.9 Å². The van der Waals surface area contributed by atoms with Gasteiger partial charge >= 0.3 is 5.97 Å². The second-order valence-corrected chi connectivity index (χ2v) is 6.98. The van der Waals surface area contributed by atoms with Gasteiger partial charge in [0.05, 0.1) is 17.9 Å². The van der Waals surface area contributed by atoms with Crippen LogP contribution in [0.3, 0.4) is 0 Å². The van der Waals surface area contributed by atoms with Crippen LogP contribution in [0.5, 0.6) is 0 Å². The summed E-state index contributed by atoms with van der Waals surface area (Å²) in [5.74, 6) is 0.0224. The molecule has 1 fully saturated rings. The molecule has 0 atom stereocenters.